The van der Waals surface area contributed by atoms with E-state index in [1.54, 1.807) is 30.1 Å². The molecule has 0 N–H and O–H groups in total. The minimum atomic E-state index is 0.285. The Kier molecular flexibility index (Phi) is 6.74. The molecule has 2 aromatic carbocycles. The second kappa shape index (κ2) is 9.69. The number of hydrogen-bond acceptors (Lipinski definition) is 7. The highest BCUT2D eigenvalue weighted by molar-refractivity contribution is 9.10. The lowest BCUT2D eigenvalue weighted by Gasteiger charge is -2.03. The highest BCUT2D eigenvalue weighted by atomic mass is 79.9. The van der Waals surface area contributed by atoms with Crippen molar-refractivity contribution >= 4 is 45.5 Å². The largest absolute Gasteiger partial charge is 0.445 e. The highest BCUT2D eigenvalue weighted by Gasteiger charge is 2.00. The van der Waals surface area contributed by atoms with Crippen molar-refractivity contribution in [3.8, 4) is 17.5 Å². The molecule has 6 nitrogen and oxygen atoms in total. The van der Waals surface area contributed by atoms with Gasteiger partial charge in [-0.3, -0.25) is 0 Å². The van der Waals surface area contributed by atoms with E-state index >= 15 is 0 Å². The molecular weight excluding hydrogens is 416 g/mol. The van der Waals surface area contributed by atoms with Gasteiger partial charge in [0, 0.05) is 24.3 Å². The summed E-state index contributed by atoms with van der Waals surface area (Å²) < 4.78 is 15.7. The van der Waals surface area contributed by atoms with Crippen LogP contribution in [0.25, 0.3) is 0 Å². The number of benzene rings is 2. The molecule has 8 heteroatoms. The smallest absolute Gasteiger partial charge is 0.321 e. The average molecular weight is 429 g/mol. The molecule has 130 valence electrons. The zero-order chi connectivity index (χ0) is 18.0. The van der Waals surface area contributed by atoms with Crippen LogP contribution in [0.3, 0.4) is 0 Å². The quantitative estimate of drug-likeness (QED) is 0.284. The van der Waals surface area contributed by atoms with Crippen molar-refractivity contribution in [1.82, 2.24) is 9.97 Å². The van der Waals surface area contributed by atoms with Gasteiger partial charge in [0.1, 0.15) is 11.5 Å². The minimum absolute atomic E-state index is 0.285. The lowest BCUT2D eigenvalue weighted by molar-refractivity contribution is 0.441. The molecule has 0 atom stereocenters. The highest BCUT2D eigenvalue weighted by Crippen LogP contribution is 2.22. The third kappa shape index (κ3) is 5.98. The summed E-state index contributed by atoms with van der Waals surface area (Å²) in [5, 5.41) is 0. The fourth-order valence-corrected chi connectivity index (χ4v) is 2.30. The molecule has 0 radical (unpaired) electrons. The third-order valence-electron chi connectivity index (χ3n) is 2.93. The number of ether oxygens (including phenoxy) is 2. The summed E-state index contributed by atoms with van der Waals surface area (Å²) in [7, 11) is 0. The van der Waals surface area contributed by atoms with Crippen LogP contribution < -0.4 is 9.47 Å². The van der Waals surface area contributed by atoms with Gasteiger partial charge in [0.05, 0.1) is 15.7 Å². The molecule has 3 rings (SSSR count). The number of rotatable bonds is 7. The summed E-state index contributed by atoms with van der Waals surface area (Å²) in [6.45, 7) is 0. The van der Waals surface area contributed by atoms with Gasteiger partial charge in [0.2, 0.25) is 0 Å². The second-order valence-corrected chi connectivity index (χ2v) is 6.31. The van der Waals surface area contributed by atoms with Crippen molar-refractivity contribution in [1.29, 1.82) is 0 Å². The number of para-hydroxylation sites is 1. The van der Waals surface area contributed by atoms with Crippen LogP contribution in [-0.4, -0.2) is 21.9 Å². The second-order valence-electron chi connectivity index (χ2n) is 4.76. The van der Waals surface area contributed by atoms with Crippen LogP contribution in [0.1, 0.15) is 0 Å². The van der Waals surface area contributed by atoms with Crippen molar-refractivity contribution in [2.45, 2.75) is 0 Å². The molecule has 0 unspecified atom stereocenters. The zero-order valence-corrected chi connectivity index (χ0v) is 15.8. The van der Waals surface area contributed by atoms with E-state index in [0.29, 0.717) is 5.75 Å². The average Bonchev–Trinajstić information content (AvgIpc) is 2.68. The molecule has 0 amide bonds. The maximum Gasteiger partial charge on any atom is 0.321 e. The summed E-state index contributed by atoms with van der Waals surface area (Å²) in [6.07, 6.45) is 4.63. The fraction of sp³-hybridized carbons (Fsp3) is 0. The van der Waals surface area contributed by atoms with Gasteiger partial charge in [-0.15, -0.1) is 0 Å². The van der Waals surface area contributed by atoms with E-state index in [9.17, 15) is 0 Å². The standard InChI is InChI=1S/C18H13BrN4O2S/c19-14-10-20-18(21-11-14)25-17-8-6-15(7-9-17)22-13-26-23-12-24-16-4-2-1-3-5-16/h1-13H/b22-13+,23-12+. The molecule has 0 spiro atoms. The Morgan fingerprint density at radius 3 is 2.38 bits per heavy atom. The van der Waals surface area contributed by atoms with Gasteiger partial charge in [-0.05, 0) is 52.3 Å². The van der Waals surface area contributed by atoms with Crippen LogP contribution in [0.15, 0.2) is 80.9 Å². The lowest BCUT2D eigenvalue weighted by atomic mass is 10.3. The summed E-state index contributed by atoms with van der Waals surface area (Å²) in [4.78, 5) is 12.4. The van der Waals surface area contributed by atoms with E-state index in [2.05, 4.69) is 35.3 Å². The van der Waals surface area contributed by atoms with Gasteiger partial charge >= 0.3 is 6.01 Å². The lowest BCUT2D eigenvalue weighted by Crippen LogP contribution is -1.90. The van der Waals surface area contributed by atoms with E-state index in [0.717, 1.165) is 15.9 Å². The molecule has 0 aliphatic carbocycles. The van der Waals surface area contributed by atoms with E-state index in [1.165, 1.54) is 18.3 Å². The Balaban J connectivity index is 1.46. The molecule has 1 aromatic heterocycles. The van der Waals surface area contributed by atoms with Crippen LogP contribution in [0.5, 0.6) is 17.5 Å². The molecule has 1 heterocycles. The fourth-order valence-electron chi connectivity index (χ4n) is 1.78. The predicted molar refractivity (Wildman–Crippen MR) is 108 cm³/mol. The number of nitrogens with zero attached hydrogens (tertiary/aromatic N) is 4. The van der Waals surface area contributed by atoms with E-state index in [1.807, 2.05) is 42.5 Å². The summed E-state index contributed by atoms with van der Waals surface area (Å²) in [5.41, 5.74) is 2.40. The van der Waals surface area contributed by atoms with Gasteiger partial charge < -0.3 is 9.47 Å². The summed E-state index contributed by atoms with van der Waals surface area (Å²) in [5.74, 6) is 1.37. The SMILES string of the molecule is Brc1cnc(Oc2ccc(/N=C/S/N=C/Oc3ccccc3)cc2)nc1. The minimum Gasteiger partial charge on any atom is -0.445 e. The first-order valence-electron chi connectivity index (χ1n) is 7.47. The van der Waals surface area contributed by atoms with Crippen LogP contribution in [-0.2, 0) is 0 Å². The van der Waals surface area contributed by atoms with E-state index < -0.39 is 0 Å². The van der Waals surface area contributed by atoms with Crippen molar-refractivity contribution in [3.05, 3.63) is 71.5 Å². The van der Waals surface area contributed by atoms with Crippen LogP contribution >= 0.6 is 27.9 Å². The Bertz CT molecular complexity index is 872. The van der Waals surface area contributed by atoms with Crippen LogP contribution in [0.4, 0.5) is 5.69 Å². The van der Waals surface area contributed by atoms with Gasteiger partial charge in [0.15, 0.2) is 6.40 Å². The Hall–Kier alpha value is -2.71. The molecule has 0 fully saturated rings. The summed E-state index contributed by atoms with van der Waals surface area (Å²) in [6, 6.07) is 17.0. The number of halogens is 1. The normalized spacial score (nSPS) is 11.1. The Morgan fingerprint density at radius 1 is 0.923 bits per heavy atom. The first kappa shape index (κ1) is 18.1. The number of aliphatic imine (C=N–C) groups is 1. The maximum absolute atomic E-state index is 5.55. The maximum atomic E-state index is 5.55. The first-order valence-corrected chi connectivity index (χ1v) is 9.10. The van der Waals surface area contributed by atoms with Crippen molar-refractivity contribution < 1.29 is 9.47 Å². The van der Waals surface area contributed by atoms with Crippen molar-refractivity contribution in [3.63, 3.8) is 0 Å². The van der Waals surface area contributed by atoms with Gasteiger partial charge in [-0.25, -0.2) is 15.0 Å². The van der Waals surface area contributed by atoms with E-state index in [-0.39, 0.29) is 6.01 Å². The van der Waals surface area contributed by atoms with E-state index in [4.69, 9.17) is 9.47 Å². The van der Waals surface area contributed by atoms with Gasteiger partial charge in [-0.2, -0.15) is 4.40 Å². The van der Waals surface area contributed by atoms with Crippen LogP contribution in [0.2, 0.25) is 0 Å². The molecule has 3 aromatic rings. The van der Waals surface area contributed by atoms with Crippen molar-refractivity contribution in [2.75, 3.05) is 0 Å². The Morgan fingerprint density at radius 2 is 1.65 bits per heavy atom. The molecular formula is C18H13BrN4O2S. The number of hydrogen-bond donors (Lipinski definition) is 0. The van der Waals surface area contributed by atoms with Crippen LogP contribution in [0, 0.1) is 0 Å². The Labute approximate surface area is 163 Å². The monoisotopic (exact) mass is 428 g/mol. The number of aromatic nitrogens is 2. The molecule has 0 aliphatic heterocycles. The molecule has 0 bridgehead atoms. The zero-order valence-electron chi connectivity index (χ0n) is 13.4. The molecule has 0 aliphatic rings. The molecule has 26 heavy (non-hydrogen) atoms. The van der Waals surface area contributed by atoms with Gasteiger partial charge in [0.25, 0.3) is 0 Å². The topological polar surface area (TPSA) is 69.0 Å². The first-order chi connectivity index (χ1) is 12.8. The molecule has 0 saturated heterocycles. The third-order valence-corrected chi connectivity index (χ3v) is 3.74. The van der Waals surface area contributed by atoms with Crippen molar-refractivity contribution in [2.24, 2.45) is 9.39 Å². The predicted octanol–water partition coefficient (Wildman–Crippen LogP) is 5.45. The summed E-state index contributed by atoms with van der Waals surface area (Å²) >= 11 is 4.45. The molecule has 0 saturated carbocycles. The van der Waals surface area contributed by atoms with Gasteiger partial charge in [-0.1, -0.05) is 18.2 Å².